The molecule has 0 aliphatic rings. The van der Waals surface area contributed by atoms with E-state index in [-0.39, 0.29) is 0 Å². The molecule has 0 bridgehead atoms. The molecule has 0 aliphatic carbocycles. The average molecular weight is 238 g/mol. The largest absolute Gasteiger partial charge is 0.382 e. The molecule has 0 spiro atoms. The molecule has 0 saturated carbocycles. The van der Waals surface area contributed by atoms with E-state index in [1.165, 1.54) is 25.7 Å². The van der Waals surface area contributed by atoms with Crippen LogP contribution in [0, 0.1) is 0 Å². The minimum absolute atomic E-state index is 0.740. The predicted octanol–water partition coefficient (Wildman–Crippen LogP) is 3.76. The highest BCUT2D eigenvalue weighted by atomic mass is 16.3. The molecule has 0 atom stereocenters. The Morgan fingerprint density at radius 2 is 1.71 bits per heavy atom. The molecule has 0 unspecified atom stereocenters. The van der Waals surface area contributed by atoms with Crippen LogP contribution in [0.1, 0.15) is 71.0 Å². The number of H-pyrrole nitrogens is 1. The van der Waals surface area contributed by atoms with Gasteiger partial charge in [0.2, 0.25) is 0 Å². The van der Waals surface area contributed by atoms with Crippen LogP contribution in [0.5, 0.6) is 0 Å². The number of imidazole rings is 1. The van der Waals surface area contributed by atoms with E-state index in [1.54, 1.807) is 12.4 Å². The summed E-state index contributed by atoms with van der Waals surface area (Å²) in [5.41, 5.74) is -0.742. The summed E-state index contributed by atoms with van der Waals surface area (Å²) in [4.78, 5) is 7.31. The third kappa shape index (κ3) is 4.50. The number of rotatable bonds is 9. The summed E-state index contributed by atoms with van der Waals surface area (Å²) in [6, 6.07) is 0. The zero-order chi connectivity index (χ0) is 12.6. The molecule has 0 saturated heterocycles. The van der Waals surface area contributed by atoms with Gasteiger partial charge in [0.05, 0.1) is 0 Å². The van der Waals surface area contributed by atoms with E-state index in [0.717, 1.165) is 31.5 Å². The summed E-state index contributed by atoms with van der Waals surface area (Å²) in [5, 5.41) is 10.7. The Hall–Kier alpha value is -0.830. The molecule has 1 aromatic heterocycles. The van der Waals surface area contributed by atoms with Crippen molar-refractivity contribution >= 4 is 0 Å². The second-order valence-electron chi connectivity index (χ2n) is 4.88. The van der Waals surface area contributed by atoms with Crippen LogP contribution in [-0.4, -0.2) is 15.1 Å². The van der Waals surface area contributed by atoms with Crippen LogP contribution in [0.3, 0.4) is 0 Å². The van der Waals surface area contributed by atoms with Gasteiger partial charge in [-0.05, 0) is 12.8 Å². The number of nitrogens with one attached hydrogen (secondary N) is 1. The second kappa shape index (κ2) is 7.49. The molecule has 98 valence electrons. The number of aliphatic hydroxyl groups is 1. The predicted molar refractivity (Wildman–Crippen MR) is 70.8 cm³/mol. The summed E-state index contributed by atoms with van der Waals surface area (Å²) >= 11 is 0. The normalized spacial score (nSPS) is 11.9. The Balaban J connectivity index is 2.56. The third-order valence-electron chi connectivity index (χ3n) is 3.33. The van der Waals surface area contributed by atoms with Crippen molar-refractivity contribution in [2.24, 2.45) is 0 Å². The summed E-state index contributed by atoms with van der Waals surface area (Å²) < 4.78 is 0. The molecule has 0 fully saturated rings. The first-order valence-corrected chi connectivity index (χ1v) is 6.95. The van der Waals surface area contributed by atoms with E-state index >= 15 is 0 Å². The molecule has 1 aromatic rings. The lowest BCUT2D eigenvalue weighted by Crippen LogP contribution is -2.27. The lowest BCUT2D eigenvalue weighted by Gasteiger charge is -2.26. The van der Waals surface area contributed by atoms with Crippen LogP contribution in [-0.2, 0) is 5.60 Å². The van der Waals surface area contributed by atoms with Crippen molar-refractivity contribution in [2.45, 2.75) is 70.8 Å². The SMILES string of the molecule is CCCCCC(O)(CCCCC)c1ncc[nH]1. The monoisotopic (exact) mass is 238 g/mol. The lowest BCUT2D eigenvalue weighted by molar-refractivity contribution is 0.00557. The number of aromatic nitrogens is 2. The van der Waals surface area contributed by atoms with Gasteiger partial charge >= 0.3 is 0 Å². The van der Waals surface area contributed by atoms with Crippen LogP contribution < -0.4 is 0 Å². The highest BCUT2D eigenvalue weighted by Gasteiger charge is 2.30. The molecule has 3 heteroatoms. The van der Waals surface area contributed by atoms with Crippen molar-refractivity contribution in [1.29, 1.82) is 0 Å². The van der Waals surface area contributed by atoms with Gasteiger partial charge in [0.25, 0.3) is 0 Å². The minimum Gasteiger partial charge on any atom is -0.382 e. The third-order valence-corrected chi connectivity index (χ3v) is 3.33. The molecule has 0 radical (unpaired) electrons. The first-order valence-electron chi connectivity index (χ1n) is 6.95. The molecule has 2 N–H and O–H groups in total. The maximum atomic E-state index is 10.7. The fraction of sp³-hybridized carbons (Fsp3) is 0.786. The Morgan fingerprint density at radius 1 is 1.12 bits per heavy atom. The lowest BCUT2D eigenvalue weighted by atomic mass is 9.89. The Kier molecular flexibility index (Phi) is 6.27. The van der Waals surface area contributed by atoms with E-state index in [0.29, 0.717) is 0 Å². The molecule has 17 heavy (non-hydrogen) atoms. The number of hydrogen-bond acceptors (Lipinski definition) is 2. The quantitative estimate of drug-likeness (QED) is 0.644. The van der Waals surface area contributed by atoms with Gasteiger partial charge in [-0.25, -0.2) is 4.98 Å². The van der Waals surface area contributed by atoms with Gasteiger partial charge in [-0.3, -0.25) is 0 Å². The van der Waals surface area contributed by atoms with E-state index in [1.807, 2.05) is 0 Å². The summed E-state index contributed by atoms with van der Waals surface area (Å²) in [6.45, 7) is 4.37. The maximum Gasteiger partial charge on any atom is 0.138 e. The van der Waals surface area contributed by atoms with Gasteiger partial charge in [0.1, 0.15) is 11.4 Å². The van der Waals surface area contributed by atoms with E-state index in [4.69, 9.17) is 0 Å². The zero-order valence-corrected chi connectivity index (χ0v) is 11.2. The number of unbranched alkanes of at least 4 members (excludes halogenated alkanes) is 4. The van der Waals surface area contributed by atoms with Crippen LogP contribution in [0.2, 0.25) is 0 Å². The van der Waals surface area contributed by atoms with E-state index in [9.17, 15) is 5.11 Å². The van der Waals surface area contributed by atoms with Crippen molar-refractivity contribution < 1.29 is 5.11 Å². The highest BCUT2D eigenvalue weighted by molar-refractivity contribution is 5.01. The summed E-state index contributed by atoms with van der Waals surface area (Å²) in [5.74, 6) is 0.740. The van der Waals surface area contributed by atoms with Gasteiger partial charge in [0.15, 0.2) is 0 Å². The zero-order valence-electron chi connectivity index (χ0n) is 11.2. The van der Waals surface area contributed by atoms with Gasteiger partial charge in [0, 0.05) is 12.4 Å². The van der Waals surface area contributed by atoms with Crippen LogP contribution in [0.25, 0.3) is 0 Å². The first-order chi connectivity index (χ1) is 8.23. The standard InChI is InChI=1S/C14H26N2O/c1-3-5-7-9-14(17,10-8-6-4-2)13-15-11-12-16-13/h11-12,17H,3-10H2,1-2H3,(H,15,16). The fourth-order valence-corrected chi connectivity index (χ4v) is 2.22. The average Bonchev–Trinajstić information content (AvgIpc) is 2.84. The van der Waals surface area contributed by atoms with Gasteiger partial charge in [-0.2, -0.15) is 0 Å². The van der Waals surface area contributed by atoms with Crippen molar-refractivity contribution in [2.75, 3.05) is 0 Å². The van der Waals surface area contributed by atoms with Crippen molar-refractivity contribution in [1.82, 2.24) is 9.97 Å². The van der Waals surface area contributed by atoms with Crippen molar-refractivity contribution in [3.8, 4) is 0 Å². The molecule has 1 rings (SSSR count). The topological polar surface area (TPSA) is 48.9 Å². The molecular weight excluding hydrogens is 212 g/mol. The smallest absolute Gasteiger partial charge is 0.138 e. The highest BCUT2D eigenvalue weighted by Crippen LogP contribution is 2.30. The van der Waals surface area contributed by atoms with Gasteiger partial charge in [-0.15, -0.1) is 0 Å². The molecule has 3 nitrogen and oxygen atoms in total. The van der Waals surface area contributed by atoms with Crippen LogP contribution in [0.15, 0.2) is 12.4 Å². The molecule has 0 amide bonds. The van der Waals surface area contributed by atoms with Crippen LogP contribution in [0.4, 0.5) is 0 Å². The first kappa shape index (κ1) is 14.2. The van der Waals surface area contributed by atoms with E-state index < -0.39 is 5.60 Å². The molecular formula is C14H26N2O. The minimum atomic E-state index is -0.742. The summed E-state index contributed by atoms with van der Waals surface area (Å²) in [6.07, 6.45) is 12.0. The Bertz CT molecular complexity index is 272. The Labute approximate surface area is 105 Å². The molecule has 0 aromatic carbocycles. The van der Waals surface area contributed by atoms with E-state index in [2.05, 4.69) is 23.8 Å². The molecule has 0 aliphatic heterocycles. The number of hydrogen-bond donors (Lipinski definition) is 2. The Morgan fingerprint density at radius 3 is 2.12 bits per heavy atom. The second-order valence-corrected chi connectivity index (χ2v) is 4.88. The van der Waals surface area contributed by atoms with Crippen molar-refractivity contribution in [3.63, 3.8) is 0 Å². The van der Waals surface area contributed by atoms with Gasteiger partial charge in [-0.1, -0.05) is 52.4 Å². The molecule has 1 heterocycles. The van der Waals surface area contributed by atoms with Gasteiger partial charge < -0.3 is 10.1 Å². The maximum absolute atomic E-state index is 10.7. The van der Waals surface area contributed by atoms with Crippen molar-refractivity contribution in [3.05, 3.63) is 18.2 Å². The number of aromatic amines is 1. The summed E-state index contributed by atoms with van der Waals surface area (Å²) in [7, 11) is 0. The van der Waals surface area contributed by atoms with Crippen LogP contribution >= 0.6 is 0 Å². The number of nitrogens with zero attached hydrogens (tertiary/aromatic N) is 1. The fourth-order valence-electron chi connectivity index (χ4n) is 2.22.